The molecule has 1 aromatic heterocycles. The van der Waals surface area contributed by atoms with Crippen molar-refractivity contribution in [2.24, 2.45) is 5.92 Å². The van der Waals surface area contributed by atoms with Gasteiger partial charge in [-0.05, 0) is 30.0 Å². The van der Waals surface area contributed by atoms with Crippen molar-refractivity contribution in [2.45, 2.75) is 38.7 Å². The summed E-state index contributed by atoms with van der Waals surface area (Å²) in [6.07, 6.45) is -4.49. The minimum Gasteiger partial charge on any atom is -0.334 e. The van der Waals surface area contributed by atoms with Crippen LogP contribution in [-0.4, -0.2) is 21.6 Å². The van der Waals surface area contributed by atoms with E-state index in [2.05, 4.69) is 17.2 Å². The summed E-state index contributed by atoms with van der Waals surface area (Å²) >= 11 is 0. The Balaban J connectivity index is 1.69. The smallest absolute Gasteiger partial charge is 0.334 e. The number of imidazole rings is 1. The fraction of sp³-hybridized carbons (Fsp3) is 0.412. The van der Waals surface area contributed by atoms with Crippen molar-refractivity contribution in [3.05, 3.63) is 47.5 Å². The molecule has 1 N–H and O–H groups in total. The number of carbonyl (C=O) groups is 1. The molecule has 25 heavy (non-hydrogen) atoms. The molecule has 1 aliphatic heterocycles. The molecule has 0 saturated heterocycles. The first-order chi connectivity index (χ1) is 11.7. The number of fused-ring (bicyclic) bond motifs is 1. The minimum absolute atomic E-state index is 0.256. The van der Waals surface area contributed by atoms with Crippen LogP contribution >= 0.6 is 0 Å². The lowest BCUT2D eigenvalue weighted by molar-refractivity contribution is -0.182. The average molecular weight is 355 g/mol. The lowest BCUT2D eigenvalue weighted by atomic mass is 10.0. The Morgan fingerprint density at radius 2 is 2.00 bits per heavy atom. The van der Waals surface area contributed by atoms with Gasteiger partial charge in [-0.15, -0.1) is 0 Å². The number of carbonyl (C=O) groups excluding carboxylic acids is 1. The summed E-state index contributed by atoms with van der Waals surface area (Å²) in [5.41, 5.74) is 0.0336. The van der Waals surface area contributed by atoms with Gasteiger partial charge in [-0.1, -0.05) is 19.1 Å². The fourth-order valence-electron chi connectivity index (χ4n) is 2.84. The molecule has 0 radical (unpaired) electrons. The van der Waals surface area contributed by atoms with E-state index in [1.807, 2.05) is 4.57 Å². The molecule has 2 heterocycles. The Hall–Kier alpha value is -2.38. The molecule has 8 heteroatoms. The molecule has 1 aromatic carbocycles. The number of hydrogen-bond acceptors (Lipinski definition) is 2. The molecule has 2 aromatic rings. The molecular weight excluding hydrogens is 338 g/mol. The van der Waals surface area contributed by atoms with Gasteiger partial charge in [0.2, 0.25) is 6.17 Å². The summed E-state index contributed by atoms with van der Waals surface area (Å²) in [6.45, 7) is 2.93. The number of anilines is 1. The predicted molar refractivity (Wildman–Crippen MR) is 84.0 cm³/mol. The zero-order valence-corrected chi connectivity index (χ0v) is 13.5. The number of aromatic nitrogens is 2. The van der Waals surface area contributed by atoms with Crippen molar-refractivity contribution in [3.63, 3.8) is 0 Å². The molecule has 2 atom stereocenters. The first-order valence-corrected chi connectivity index (χ1v) is 7.92. The normalized spacial score (nSPS) is 18.5. The maximum Gasteiger partial charge on any atom is 0.423 e. The van der Waals surface area contributed by atoms with Crippen LogP contribution in [0, 0.1) is 5.92 Å². The van der Waals surface area contributed by atoms with Gasteiger partial charge in [0.15, 0.2) is 0 Å². The van der Waals surface area contributed by atoms with E-state index in [-0.39, 0.29) is 11.4 Å². The first kappa shape index (κ1) is 17.4. The van der Waals surface area contributed by atoms with Crippen LogP contribution in [0.1, 0.15) is 41.4 Å². The van der Waals surface area contributed by atoms with Crippen LogP contribution < -0.4 is 5.32 Å². The van der Waals surface area contributed by atoms with Crippen molar-refractivity contribution in [2.75, 3.05) is 5.32 Å². The molecule has 134 valence electrons. The standard InChI is InChI=1S/C17H17F4N3O/c1-10-2-7-14-23-13(9-24(14)8-10)16(25)22-12-5-3-11(4-6-12)15(18)17(19,20)21/h3-6,9-10,15H,2,7-8H2,1H3,(H,22,25). The first-order valence-electron chi connectivity index (χ1n) is 7.92. The van der Waals surface area contributed by atoms with Crippen LogP contribution in [0.2, 0.25) is 0 Å². The second-order valence-corrected chi connectivity index (χ2v) is 6.32. The van der Waals surface area contributed by atoms with Crippen molar-refractivity contribution in [1.29, 1.82) is 0 Å². The minimum atomic E-state index is -4.95. The van der Waals surface area contributed by atoms with E-state index in [1.165, 1.54) is 12.1 Å². The maximum atomic E-state index is 13.2. The van der Waals surface area contributed by atoms with Gasteiger partial charge in [0.25, 0.3) is 5.91 Å². The summed E-state index contributed by atoms with van der Waals surface area (Å²) < 4.78 is 52.2. The van der Waals surface area contributed by atoms with Crippen LogP contribution in [0.3, 0.4) is 0 Å². The highest BCUT2D eigenvalue weighted by molar-refractivity contribution is 6.02. The Morgan fingerprint density at radius 1 is 1.32 bits per heavy atom. The SMILES string of the molecule is CC1CCc2nc(C(=O)Nc3ccc(C(F)C(F)(F)F)cc3)cn2C1. The highest BCUT2D eigenvalue weighted by Crippen LogP contribution is 2.36. The van der Waals surface area contributed by atoms with Crippen molar-refractivity contribution >= 4 is 11.6 Å². The zero-order valence-electron chi connectivity index (χ0n) is 13.5. The second kappa shape index (κ2) is 6.50. The monoisotopic (exact) mass is 355 g/mol. The van der Waals surface area contributed by atoms with Crippen LogP contribution in [0.4, 0.5) is 23.2 Å². The van der Waals surface area contributed by atoms with Gasteiger partial charge in [0.1, 0.15) is 11.5 Å². The number of rotatable bonds is 3. The third-order valence-corrected chi connectivity index (χ3v) is 4.21. The highest BCUT2D eigenvalue weighted by Gasteiger charge is 2.41. The topological polar surface area (TPSA) is 46.9 Å². The Labute approximate surface area is 141 Å². The van der Waals surface area contributed by atoms with Gasteiger partial charge >= 0.3 is 6.18 Å². The van der Waals surface area contributed by atoms with Gasteiger partial charge in [0.05, 0.1) is 0 Å². The number of nitrogens with zero attached hydrogens (tertiary/aromatic N) is 2. The van der Waals surface area contributed by atoms with Gasteiger partial charge in [0, 0.05) is 24.8 Å². The lowest BCUT2D eigenvalue weighted by Gasteiger charge is -2.19. The molecule has 0 aliphatic carbocycles. The number of amides is 1. The molecule has 1 aliphatic rings. The summed E-state index contributed by atoms with van der Waals surface area (Å²) in [5.74, 6) is 0.923. The average Bonchev–Trinajstić information content (AvgIpc) is 2.97. The number of halogens is 4. The summed E-state index contributed by atoms with van der Waals surface area (Å²) in [6, 6.07) is 4.49. The van der Waals surface area contributed by atoms with E-state index < -0.39 is 23.8 Å². The van der Waals surface area contributed by atoms with Crippen molar-refractivity contribution < 1.29 is 22.4 Å². The van der Waals surface area contributed by atoms with E-state index in [4.69, 9.17) is 0 Å². The molecule has 4 nitrogen and oxygen atoms in total. The van der Waals surface area contributed by atoms with Gasteiger partial charge in [-0.2, -0.15) is 13.2 Å². The third-order valence-electron chi connectivity index (χ3n) is 4.21. The highest BCUT2D eigenvalue weighted by atomic mass is 19.4. The van der Waals surface area contributed by atoms with E-state index in [1.54, 1.807) is 6.20 Å². The van der Waals surface area contributed by atoms with Gasteiger partial charge in [-0.25, -0.2) is 9.37 Å². The number of aryl methyl sites for hydroxylation is 1. The number of hydrogen-bond donors (Lipinski definition) is 1. The lowest BCUT2D eigenvalue weighted by Crippen LogP contribution is -2.17. The van der Waals surface area contributed by atoms with Crippen LogP contribution in [0.25, 0.3) is 0 Å². The quantitative estimate of drug-likeness (QED) is 0.835. The molecule has 0 spiro atoms. The Kier molecular flexibility index (Phi) is 4.53. The Bertz CT molecular complexity index is 767. The predicted octanol–water partition coefficient (Wildman–Crippen LogP) is 4.29. The third kappa shape index (κ3) is 3.83. The fourth-order valence-corrected chi connectivity index (χ4v) is 2.84. The number of nitrogens with one attached hydrogen (secondary N) is 1. The molecule has 0 bridgehead atoms. The second-order valence-electron chi connectivity index (χ2n) is 6.32. The zero-order chi connectivity index (χ0) is 18.2. The summed E-state index contributed by atoms with van der Waals surface area (Å²) in [4.78, 5) is 16.6. The molecule has 2 unspecified atom stereocenters. The van der Waals surface area contributed by atoms with Crippen molar-refractivity contribution in [1.82, 2.24) is 9.55 Å². The summed E-state index contributed by atoms with van der Waals surface area (Å²) in [7, 11) is 0. The molecule has 0 saturated carbocycles. The van der Waals surface area contributed by atoms with Crippen molar-refractivity contribution in [3.8, 4) is 0 Å². The van der Waals surface area contributed by atoms with E-state index in [0.29, 0.717) is 5.92 Å². The molecule has 1 amide bonds. The molecular formula is C17H17F4N3O. The van der Waals surface area contributed by atoms with E-state index in [9.17, 15) is 22.4 Å². The Morgan fingerprint density at radius 3 is 2.64 bits per heavy atom. The largest absolute Gasteiger partial charge is 0.423 e. The maximum absolute atomic E-state index is 13.2. The molecule has 3 rings (SSSR count). The van der Waals surface area contributed by atoms with Crippen LogP contribution in [0.15, 0.2) is 30.5 Å². The summed E-state index contributed by atoms with van der Waals surface area (Å²) in [5, 5.41) is 2.56. The van der Waals surface area contributed by atoms with Gasteiger partial charge in [-0.3, -0.25) is 4.79 Å². The van der Waals surface area contributed by atoms with Crippen LogP contribution in [-0.2, 0) is 13.0 Å². The van der Waals surface area contributed by atoms with Gasteiger partial charge < -0.3 is 9.88 Å². The van der Waals surface area contributed by atoms with E-state index in [0.717, 1.165) is 37.3 Å². The molecule has 0 fully saturated rings. The van der Waals surface area contributed by atoms with Crippen LogP contribution in [0.5, 0.6) is 0 Å². The number of benzene rings is 1. The number of alkyl halides is 4. The van der Waals surface area contributed by atoms with E-state index >= 15 is 0 Å².